The Morgan fingerprint density at radius 2 is 1.48 bits per heavy atom. The molecule has 7 rings (SSSR count). The maximum Gasteiger partial charge on any atom is 0.309 e. The van der Waals surface area contributed by atoms with Crippen molar-refractivity contribution in [2.75, 3.05) is 6.61 Å². The predicted octanol–water partition coefficient (Wildman–Crippen LogP) is 3.79. The van der Waals surface area contributed by atoms with Crippen molar-refractivity contribution in [3.8, 4) is 0 Å². The van der Waals surface area contributed by atoms with Gasteiger partial charge in [0.15, 0.2) is 12.4 Å². The summed E-state index contributed by atoms with van der Waals surface area (Å²) in [5.74, 6) is 0.484. The molecular formula is C26H26BrNO5. The van der Waals surface area contributed by atoms with Crippen LogP contribution >= 0.6 is 15.9 Å². The first kappa shape index (κ1) is 21.3. The maximum absolute atomic E-state index is 13.3. The highest BCUT2D eigenvalue weighted by Crippen LogP contribution is 2.65. The van der Waals surface area contributed by atoms with Crippen LogP contribution in [0, 0.1) is 41.4 Å². The van der Waals surface area contributed by atoms with Gasteiger partial charge in [-0.05, 0) is 67.9 Å². The van der Waals surface area contributed by atoms with Gasteiger partial charge in [0.05, 0.1) is 17.8 Å². The lowest BCUT2D eigenvalue weighted by atomic mass is 9.63. The quantitative estimate of drug-likeness (QED) is 0.260. The van der Waals surface area contributed by atoms with E-state index in [0.29, 0.717) is 43.1 Å². The minimum atomic E-state index is -0.367. The van der Waals surface area contributed by atoms with E-state index in [1.54, 1.807) is 29.2 Å². The molecule has 1 saturated heterocycles. The molecule has 6 aliphatic rings. The average molecular weight is 512 g/mol. The van der Waals surface area contributed by atoms with Gasteiger partial charge in [-0.2, -0.15) is 0 Å². The van der Waals surface area contributed by atoms with Crippen LogP contribution in [-0.2, 0) is 19.1 Å². The number of hydrogen-bond donors (Lipinski definition) is 0. The van der Waals surface area contributed by atoms with Crippen LogP contribution in [-0.4, -0.2) is 41.1 Å². The number of ketones is 1. The van der Waals surface area contributed by atoms with Gasteiger partial charge in [-0.25, -0.2) is 0 Å². The van der Waals surface area contributed by atoms with E-state index in [-0.39, 0.29) is 65.8 Å². The van der Waals surface area contributed by atoms with Gasteiger partial charge < -0.3 is 4.74 Å². The van der Waals surface area contributed by atoms with E-state index in [4.69, 9.17) is 4.74 Å². The number of rotatable bonds is 5. The molecule has 0 N–H and O–H groups in total. The summed E-state index contributed by atoms with van der Waals surface area (Å²) in [4.78, 5) is 53.0. The van der Waals surface area contributed by atoms with Crippen molar-refractivity contribution in [3.05, 3.63) is 46.5 Å². The number of Topliss-reactive ketones (excluding diaryl/α,β-unsaturated/α-hetero) is 1. The lowest BCUT2D eigenvalue weighted by Crippen LogP contribution is -2.44. The Kier molecular flexibility index (Phi) is 5.09. The van der Waals surface area contributed by atoms with Crippen LogP contribution in [0.2, 0.25) is 0 Å². The van der Waals surface area contributed by atoms with Crippen LogP contribution in [0.15, 0.2) is 40.9 Å². The lowest BCUT2D eigenvalue weighted by molar-refractivity contribution is -0.149. The minimum absolute atomic E-state index is 0.0146. The maximum atomic E-state index is 13.3. The summed E-state index contributed by atoms with van der Waals surface area (Å²) >= 11 is 3.33. The summed E-state index contributed by atoms with van der Waals surface area (Å²) in [6.07, 6.45) is 7.92. The fraction of sp³-hybridized carbons (Fsp3) is 0.538. The Morgan fingerprint density at radius 1 is 0.909 bits per heavy atom. The molecule has 6 atom stereocenters. The Hall–Kier alpha value is -2.28. The SMILES string of the molecule is O=C(COC(=O)C1CCC(N2C(=O)[C@H]3[C@@H]4C=C[C@@H]([C@H]5C[C@H]45)[C@@H]3C2=O)CC1)c1ccc(Br)cc1. The molecule has 172 valence electrons. The van der Waals surface area contributed by atoms with Crippen molar-refractivity contribution in [2.45, 2.75) is 38.1 Å². The smallest absolute Gasteiger partial charge is 0.309 e. The monoisotopic (exact) mass is 511 g/mol. The van der Waals surface area contributed by atoms with Gasteiger partial charge in [0.1, 0.15) is 0 Å². The third kappa shape index (κ3) is 3.42. The highest BCUT2D eigenvalue weighted by atomic mass is 79.9. The first-order chi connectivity index (χ1) is 15.9. The second-order valence-electron chi connectivity index (χ2n) is 10.2. The number of allylic oxidation sites excluding steroid dienone is 2. The molecule has 0 unspecified atom stereocenters. The zero-order valence-electron chi connectivity index (χ0n) is 18.2. The molecule has 5 aliphatic carbocycles. The van der Waals surface area contributed by atoms with Crippen LogP contribution in [0.1, 0.15) is 42.5 Å². The van der Waals surface area contributed by atoms with E-state index in [9.17, 15) is 19.2 Å². The van der Waals surface area contributed by atoms with E-state index in [1.165, 1.54) is 0 Å². The van der Waals surface area contributed by atoms with Gasteiger partial charge in [-0.3, -0.25) is 24.1 Å². The summed E-state index contributed by atoms with van der Waals surface area (Å²) in [6.45, 7) is -0.273. The number of ether oxygens (including phenoxy) is 1. The van der Waals surface area contributed by atoms with Crippen molar-refractivity contribution >= 4 is 39.5 Å². The number of carbonyl (C=O) groups excluding carboxylic acids is 4. The number of carbonyl (C=O) groups is 4. The highest BCUT2D eigenvalue weighted by molar-refractivity contribution is 9.10. The Bertz CT molecular complexity index is 1020. The van der Waals surface area contributed by atoms with Crippen LogP contribution in [0.5, 0.6) is 0 Å². The number of hydrogen-bond acceptors (Lipinski definition) is 5. The summed E-state index contributed by atoms with van der Waals surface area (Å²) in [5, 5.41) is 0. The van der Waals surface area contributed by atoms with Crippen LogP contribution in [0.3, 0.4) is 0 Å². The number of amides is 2. The van der Waals surface area contributed by atoms with Crippen LogP contribution in [0.25, 0.3) is 0 Å². The minimum Gasteiger partial charge on any atom is -0.457 e. The Labute approximate surface area is 200 Å². The molecule has 2 amide bonds. The largest absolute Gasteiger partial charge is 0.457 e. The van der Waals surface area contributed by atoms with Gasteiger partial charge in [-0.1, -0.05) is 40.2 Å². The Balaban J connectivity index is 1.04. The normalized spacial score (nSPS) is 38.2. The van der Waals surface area contributed by atoms with E-state index in [2.05, 4.69) is 28.1 Å². The molecule has 0 aromatic heterocycles. The molecule has 3 saturated carbocycles. The molecular weight excluding hydrogens is 486 g/mol. The number of nitrogens with zero attached hydrogens (tertiary/aromatic N) is 1. The van der Waals surface area contributed by atoms with E-state index in [0.717, 1.165) is 10.9 Å². The second kappa shape index (κ2) is 7.90. The fourth-order valence-electron chi connectivity index (χ4n) is 6.88. The van der Waals surface area contributed by atoms with Crippen molar-refractivity contribution in [2.24, 2.45) is 41.4 Å². The standard InChI is InChI=1S/C26H26BrNO5/c27-15-5-1-13(2-6-15)21(29)12-33-26(32)14-3-7-16(8-4-14)28-24(30)22-17-9-10-18(20-11-19(17)20)23(22)25(28)31/h1-2,5-6,9-10,14,16-20,22-23H,3-4,7-8,11-12H2/t14?,16?,17-,18+,19-,20-,22+,23+/m1/s1. The topological polar surface area (TPSA) is 80.8 Å². The fourth-order valence-corrected chi connectivity index (χ4v) is 7.15. The molecule has 6 nitrogen and oxygen atoms in total. The van der Waals surface area contributed by atoms with Crippen molar-refractivity contribution in [1.29, 1.82) is 0 Å². The molecule has 0 radical (unpaired) electrons. The van der Waals surface area contributed by atoms with Gasteiger partial charge in [0, 0.05) is 16.1 Å². The summed E-state index contributed by atoms with van der Waals surface area (Å²) < 4.78 is 6.18. The second-order valence-corrected chi connectivity index (χ2v) is 11.2. The highest BCUT2D eigenvalue weighted by Gasteiger charge is 2.67. The molecule has 4 fully saturated rings. The van der Waals surface area contributed by atoms with Gasteiger partial charge in [0.25, 0.3) is 0 Å². The third-order valence-corrected chi connectivity index (χ3v) is 9.13. The summed E-state index contributed by atoms with van der Waals surface area (Å²) in [5.41, 5.74) is 0.503. The van der Waals surface area contributed by atoms with Gasteiger partial charge in [-0.15, -0.1) is 0 Å². The third-order valence-electron chi connectivity index (χ3n) is 8.60. The first-order valence-corrected chi connectivity index (χ1v) is 12.7. The molecule has 33 heavy (non-hydrogen) atoms. The number of benzene rings is 1. The van der Waals surface area contributed by atoms with Gasteiger partial charge in [0.2, 0.25) is 11.8 Å². The molecule has 1 aromatic carbocycles. The van der Waals surface area contributed by atoms with E-state index >= 15 is 0 Å². The molecule has 7 heteroatoms. The van der Waals surface area contributed by atoms with Crippen molar-refractivity contribution < 1.29 is 23.9 Å². The Morgan fingerprint density at radius 3 is 2.06 bits per heavy atom. The van der Waals surface area contributed by atoms with Crippen molar-refractivity contribution in [3.63, 3.8) is 0 Å². The molecule has 0 spiro atoms. The molecule has 1 heterocycles. The zero-order chi connectivity index (χ0) is 22.9. The van der Waals surface area contributed by atoms with Gasteiger partial charge >= 0.3 is 5.97 Å². The summed E-state index contributed by atoms with van der Waals surface area (Å²) in [7, 11) is 0. The van der Waals surface area contributed by atoms with Crippen molar-refractivity contribution in [1.82, 2.24) is 4.90 Å². The molecule has 1 aromatic rings. The zero-order valence-corrected chi connectivity index (χ0v) is 19.8. The molecule has 1 aliphatic heterocycles. The average Bonchev–Trinajstić information content (AvgIpc) is 3.61. The molecule has 2 bridgehead atoms. The number of esters is 1. The number of halogens is 1. The van der Waals surface area contributed by atoms with E-state index < -0.39 is 0 Å². The summed E-state index contributed by atoms with van der Waals surface area (Å²) in [6, 6.07) is 6.81. The first-order valence-electron chi connectivity index (χ1n) is 11.9. The van der Waals surface area contributed by atoms with E-state index in [1.807, 2.05) is 0 Å². The predicted molar refractivity (Wildman–Crippen MR) is 122 cm³/mol. The number of imide groups is 1. The number of likely N-dealkylation sites (tertiary alicyclic amines) is 1. The van der Waals surface area contributed by atoms with Crippen LogP contribution in [0.4, 0.5) is 0 Å². The lowest BCUT2D eigenvalue weighted by Gasteiger charge is -2.37. The van der Waals surface area contributed by atoms with Crippen LogP contribution < -0.4 is 0 Å².